The standard InChI is InChI=1S/C19H25N3O5/c1-19(2,3)27-18(24)22-16(9-15-10-20-12-21-15)17(23)26-13-25-11-14-7-5-4-6-8-14/h4-8,10,12,16H,9,11,13H2,1-3H3,(H,20,21)(H,22,24)/t16-/m0/s1. The second-order valence-electron chi connectivity index (χ2n) is 6.90. The molecule has 0 saturated carbocycles. The van der Waals surface area contributed by atoms with Gasteiger partial charge in [0.25, 0.3) is 0 Å². The number of amides is 1. The summed E-state index contributed by atoms with van der Waals surface area (Å²) in [7, 11) is 0. The quantitative estimate of drug-likeness (QED) is 0.418. The van der Waals surface area contributed by atoms with Crippen LogP contribution in [0.4, 0.5) is 4.79 Å². The van der Waals surface area contributed by atoms with E-state index >= 15 is 0 Å². The van der Waals surface area contributed by atoms with E-state index < -0.39 is 23.7 Å². The van der Waals surface area contributed by atoms with Gasteiger partial charge in [0.1, 0.15) is 11.6 Å². The monoisotopic (exact) mass is 375 g/mol. The number of hydrogen-bond acceptors (Lipinski definition) is 6. The summed E-state index contributed by atoms with van der Waals surface area (Å²) < 4.78 is 15.7. The van der Waals surface area contributed by atoms with Gasteiger partial charge in [0, 0.05) is 18.3 Å². The van der Waals surface area contributed by atoms with Crippen molar-refractivity contribution in [1.29, 1.82) is 0 Å². The molecular formula is C19H25N3O5. The molecule has 0 radical (unpaired) electrons. The van der Waals surface area contributed by atoms with Crippen LogP contribution in [0.2, 0.25) is 0 Å². The van der Waals surface area contributed by atoms with Crippen LogP contribution < -0.4 is 5.32 Å². The Labute approximate surface area is 158 Å². The van der Waals surface area contributed by atoms with Crippen LogP contribution in [0.5, 0.6) is 0 Å². The fraction of sp³-hybridized carbons (Fsp3) is 0.421. The number of benzene rings is 1. The highest BCUT2D eigenvalue weighted by Crippen LogP contribution is 2.08. The number of esters is 1. The summed E-state index contributed by atoms with van der Waals surface area (Å²) in [5.41, 5.74) is 0.971. The molecule has 0 unspecified atom stereocenters. The summed E-state index contributed by atoms with van der Waals surface area (Å²) in [5, 5.41) is 2.53. The summed E-state index contributed by atoms with van der Waals surface area (Å²) in [4.78, 5) is 31.2. The first-order chi connectivity index (χ1) is 12.8. The lowest BCUT2D eigenvalue weighted by molar-refractivity contribution is -0.159. The van der Waals surface area contributed by atoms with E-state index in [2.05, 4.69) is 15.3 Å². The molecule has 1 aromatic carbocycles. The summed E-state index contributed by atoms with van der Waals surface area (Å²) in [6, 6.07) is 8.60. The largest absolute Gasteiger partial charge is 0.444 e. The molecule has 27 heavy (non-hydrogen) atoms. The number of aromatic amines is 1. The van der Waals surface area contributed by atoms with Crippen molar-refractivity contribution in [3.05, 3.63) is 54.1 Å². The van der Waals surface area contributed by atoms with E-state index in [1.807, 2.05) is 30.3 Å². The molecule has 0 saturated heterocycles. The van der Waals surface area contributed by atoms with E-state index in [1.54, 1.807) is 27.0 Å². The minimum atomic E-state index is -0.930. The molecule has 8 heteroatoms. The van der Waals surface area contributed by atoms with Crippen LogP contribution in [0.15, 0.2) is 42.9 Å². The number of hydrogen-bond donors (Lipinski definition) is 2. The number of H-pyrrole nitrogens is 1. The van der Waals surface area contributed by atoms with Crippen molar-refractivity contribution in [2.24, 2.45) is 0 Å². The van der Waals surface area contributed by atoms with Crippen LogP contribution in [-0.4, -0.2) is 40.5 Å². The maximum Gasteiger partial charge on any atom is 0.408 e. The smallest absolute Gasteiger partial charge is 0.408 e. The highest BCUT2D eigenvalue weighted by Gasteiger charge is 2.26. The van der Waals surface area contributed by atoms with E-state index in [0.29, 0.717) is 12.3 Å². The SMILES string of the molecule is CC(C)(C)OC(=O)N[C@@H](Cc1cnc[nH]1)C(=O)OCOCc1ccccc1. The van der Waals surface area contributed by atoms with Crippen LogP contribution >= 0.6 is 0 Å². The molecule has 2 N–H and O–H groups in total. The second-order valence-corrected chi connectivity index (χ2v) is 6.90. The summed E-state index contributed by atoms with van der Waals surface area (Å²) in [5.74, 6) is -0.622. The van der Waals surface area contributed by atoms with Gasteiger partial charge in [-0.2, -0.15) is 0 Å². The van der Waals surface area contributed by atoms with Gasteiger partial charge in [0.05, 0.1) is 12.9 Å². The van der Waals surface area contributed by atoms with Crippen LogP contribution in [0.25, 0.3) is 0 Å². The molecule has 0 spiro atoms. The van der Waals surface area contributed by atoms with E-state index in [0.717, 1.165) is 5.56 Å². The minimum Gasteiger partial charge on any atom is -0.444 e. The van der Waals surface area contributed by atoms with E-state index in [1.165, 1.54) is 6.33 Å². The molecule has 1 amide bonds. The third-order valence-corrected chi connectivity index (χ3v) is 3.35. The van der Waals surface area contributed by atoms with Crippen molar-refractivity contribution in [2.45, 2.75) is 45.4 Å². The molecule has 2 rings (SSSR count). The van der Waals surface area contributed by atoms with Gasteiger partial charge in [-0.3, -0.25) is 0 Å². The summed E-state index contributed by atoms with van der Waals surface area (Å²) >= 11 is 0. The van der Waals surface area contributed by atoms with E-state index in [9.17, 15) is 9.59 Å². The van der Waals surface area contributed by atoms with Crippen LogP contribution in [0.3, 0.4) is 0 Å². The van der Waals surface area contributed by atoms with Crippen molar-refractivity contribution < 1.29 is 23.8 Å². The Morgan fingerprint density at radius 3 is 2.59 bits per heavy atom. The number of nitrogens with one attached hydrogen (secondary N) is 2. The van der Waals surface area contributed by atoms with Crippen molar-refractivity contribution in [2.75, 3.05) is 6.79 Å². The maximum absolute atomic E-state index is 12.4. The number of alkyl carbamates (subject to hydrolysis) is 1. The molecule has 146 valence electrons. The zero-order valence-electron chi connectivity index (χ0n) is 15.7. The predicted molar refractivity (Wildman–Crippen MR) is 97.6 cm³/mol. The number of aromatic nitrogens is 2. The van der Waals surface area contributed by atoms with Crippen molar-refractivity contribution in [3.8, 4) is 0 Å². The lowest BCUT2D eigenvalue weighted by Crippen LogP contribution is -2.45. The first-order valence-electron chi connectivity index (χ1n) is 8.58. The molecule has 0 aliphatic rings. The molecule has 1 atom stereocenters. The normalized spacial score (nSPS) is 12.3. The Kier molecular flexibility index (Phi) is 7.36. The highest BCUT2D eigenvalue weighted by atomic mass is 16.7. The van der Waals surface area contributed by atoms with Crippen LogP contribution in [0.1, 0.15) is 32.0 Å². The third kappa shape index (κ3) is 7.91. The molecular weight excluding hydrogens is 350 g/mol. The molecule has 1 aromatic heterocycles. The van der Waals surface area contributed by atoms with Gasteiger partial charge in [-0.1, -0.05) is 30.3 Å². The minimum absolute atomic E-state index is 0.191. The Morgan fingerprint density at radius 1 is 1.22 bits per heavy atom. The molecule has 0 aliphatic carbocycles. The van der Waals surface area contributed by atoms with Gasteiger partial charge in [-0.25, -0.2) is 14.6 Å². The fourth-order valence-corrected chi connectivity index (χ4v) is 2.19. The lowest BCUT2D eigenvalue weighted by atomic mass is 10.1. The number of rotatable bonds is 8. The lowest BCUT2D eigenvalue weighted by Gasteiger charge is -2.22. The van der Waals surface area contributed by atoms with Gasteiger partial charge in [0.2, 0.25) is 0 Å². The Hall–Kier alpha value is -2.87. The summed E-state index contributed by atoms with van der Waals surface area (Å²) in [6.45, 7) is 5.33. The maximum atomic E-state index is 12.4. The van der Waals surface area contributed by atoms with Crippen LogP contribution in [0, 0.1) is 0 Å². The van der Waals surface area contributed by atoms with Gasteiger partial charge < -0.3 is 24.5 Å². The number of carbonyl (C=O) groups is 2. The third-order valence-electron chi connectivity index (χ3n) is 3.35. The number of imidazole rings is 1. The van der Waals surface area contributed by atoms with Crippen molar-refractivity contribution in [1.82, 2.24) is 15.3 Å². The zero-order chi connectivity index (χ0) is 19.7. The second kappa shape index (κ2) is 9.72. The number of nitrogens with zero attached hydrogens (tertiary/aromatic N) is 1. The molecule has 0 fully saturated rings. The molecule has 2 aromatic rings. The van der Waals surface area contributed by atoms with Gasteiger partial charge >= 0.3 is 12.1 Å². The van der Waals surface area contributed by atoms with Gasteiger partial charge in [0.15, 0.2) is 6.79 Å². The van der Waals surface area contributed by atoms with Crippen molar-refractivity contribution in [3.63, 3.8) is 0 Å². The summed E-state index contributed by atoms with van der Waals surface area (Å²) in [6.07, 6.45) is 2.56. The van der Waals surface area contributed by atoms with Crippen molar-refractivity contribution >= 4 is 12.1 Å². The molecule has 0 aliphatic heterocycles. The average molecular weight is 375 g/mol. The van der Waals surface area contributed by atoms with Gasteiger partial charge in [-0.05, 0) is 26.3 Å². The van der Waals surface area contributed by atoms with E-state index in [-0.39, 0.29) is 13.2 Å². The van der Waals surface area contributed by atoms with Gasteiger partial charge in [-0.15, -0.1) is 0 Å². The molecule has 0 bridgehead atoms. The first-order valence-corrected chi connectivity index (χ1v) is 8.58. The molecule has 1 heterocycles. The number of ether oxygens (including phenoxy) is 3. The highest BCUT2D eigenvalue weighted by molar-refractivity contribution is 5.81. The topological polar surface area (TPSA) is 103 Å². The average Bonchev–Trinajstić information content (AvgIpc) is 3.10. The number of carbonyl (C=O) groups excluding carboxylic acids is 2. The Bertz CT molecular complexity index is 711. The fourth-order valence-electron chi connectivity index (χ4n) is 2.19. The Balaban J connectivity index is 1.86. The predicted octanol–water partition coefficient (Wildman–Crippen LogP) is 2.56. The first kappa shape index (κ1) is 20.4. The molecule has 8 nitrogen and oxygen atoms in total. The Morgan fingerprint density at radius 2 is 1.96 bits per heavy atom. The zero-order valence-corrected chi connectivity index (χ0v) is 15.7. The van der Waals surface area contributed by atoms with Crippen LogP contribution in [-0.2, 0) is 32.0 Å². The van der Waals surface area contributed by atoms with E-state index in [4.69, 9.17) is 14.2 Å².